The molecule has 0 radical (unpaired) electrons. The SMILES string of the molecule is CC(C)=CCC1(C(C)O)CCC1. The lowest BCUT2D eigenvalue weighted by Gasteiger charge is -2.44. The highest BCUT2D eigenvalue weighted by Gasteiger charge is 2.39. The molecule has 0 aromatic rings. The smallest absolute Gasteiger partial charge is 0.0571 e. The van der Waals surface area contributed by atoms with Gasteiger partial charge in [-0.25, -0.2) is 0 Å². The Morgan fingerprint density at radius 1 is 1.50 bits per heavy atom. The van der Waals surface area contributed by atoms with Gasteiger partial charge in [-0.05, 0) is 45.4 Å². The Labute approximate surface area is 75.5 Å². The van der Waals surface area contributed by atoms with E-state index < -0.39 is 0 Å². The fraction of sp³-hybridized carbons (Fsp3) is 0.818. The van der Waals surface area contributed by atoms with Gasteiger partial charge in [-0.3, -0.25) is 0 Å². The number of aliphatic hydroxyl groups excluding tert-OH is 1. The maximum absolute atomic E-state index is 9.61. The molecule has 0 spiro atoms. The van der Waals surface area contributed by atoms with E-state index in [-0.39, 0.29) is 11.5 Å². The minimum absolute atomic E-state index is 0.137. The molecule has 1 aliphatic carbocycles. The average molecular weight is 168 g/mol. The molecule has 0 aliphatic heterocycles. The van der Waals surface area contributed by atoms with E-state index in [2.05, 4.69) is 19.9 Å². The van der Waals surface area contributed by atoms with Gasteiger partial charge in [0.25, 0.3) is 0 Å². The van der Waals surface area contributed by atoms with E-state index in [4.69, 9.17) is 0 Å². The van der Waals surface area contributed by atoms with Crippen LogP contribution in [-0.4, -0.2) is 11.2 Å². The summed E-state index contributed by atoms with van der Waals surface area (Å²) in [4.78, 5) is 0. The van der Waals surface area contributed by atoms with Crippen molar-refractivity contribution in [2.45, 2.75) is 52.6 Å². The normalized spacial score (nSPS) is 22.7. The van der Waals surface area contributed by atoms with Gasteiger partial charge in [-0.2, -0.15) is 0 Å². The fourth-order valence-corrected chi connectivity index (χ4v) is 1.83. The molecule has 1 saturated carbocycles. The molecule has 0 aromatic heterocycles. The molecule has 0 bridgehead atoms. The van der Waals surface area contributed by atoms with Crippen molar-refractivity contribution in [2.24, 2.45) is 5.41 Å². The van der Waals surface area contributed by atoms with Crippen molar-refractivity contribution in [3.63, 3.8) is 0 Å². The zero-order valence-corrected chi connectivity index (χ0v) is 8.43. The highest BCUT2D eigenvalue weighted by molar-refractivity contribution is 5.02. The third-order valence-corrected chi connectivity index (χ3v) is 3.15. The van der Waals surface area contributed by atoms with Gasteiger partial charge in [0.05, 0.1) is 6.10 Å². The van der Waals surface area contributed by atoms with Crippen LogP contribution in [0.5, 0.6) is 0 Å². The number of allylic oxidation sites excluding steroid dienone is 2. The number of aliphatic hydroxyl groups is 1. The van der Waals surface area contributed by atoms with Crippen molar-refractivity contribution in [1.29, 1.82) is 0 Å². The Balaban J connectivity index is 2.51. The van der Waals surface area contributed by atoms with Crippen molar-refractivity contribution in [3.05, 3.63) is 11.6 Å². The first-order chi connectivity index (χ1) is 5.57. The first-order valence-corrected chi connectivity index (χ1v) is 4.88. The number of hydrogen-bond donors (Lipinski definition) is 1. The first kappa shape index (κ1) is 9.79. The Bertz CT molecular complexity index is 171. The summed E-state index contributed by atoms with van der Waals surface area (Å²) in [5.74, 6) is 0. The van der Waals surface area contributed by atoms with Crippen LogP contribution in [0.15, 0.2) is 11.6 Å². The summed E-state index contributed by atoms with van der Waals surface area (Å²) in [7, 11) is 0. The summed E-state index contributed by atoms with van der Waals surface area (Å²) < 4.78 is 0. The molecule has 0 saturated heterocycles. The zero-order chi connectivity index (χ0) is 9.19. The molecule has 1 heteroatoms. The molecule has 0 aromatic carbocycles. The van der Waals surface area contributed by atoms with E-state index in [1.807, 2.05) is 6.92 Å². The van der Waals surface area contributed by atoms with Crippen molar-refractivity contribution in [1.82, 2.24) is 0 Å². The van der Waals surface area contributed by atoms with Crippen LogP contribution in [-0.2, 0) is 0 Å². The van der Waals surface area contributed by atoms with E-state index in [0.29, 0.717) is 0 Å². The van der Waals surface area contributed by atoms with Crippen molar-refractivity contribution >= 4 is 0 Å². The summed E-state index contributed by atoms with van der Waals surface area (Å²) in [5.41, 5.74) is 1.60. The quantitative estimate of drug-likeness (QED) is 0.642. The van der Waals surface area contributed by atoms with Gasteiger partial charge in [0.1, 0.15) is 0 Å². The van der Waals surface area contributed by atoms with Crippen molar-refractivity contribution < 1.29 is 5.11 Å². The highest BCUT2D eigenvalue weighted by Crippen LogP contribution is 2.47. The van der Waals surface area contributed by atoms with Gasteiger partial charge >= 0.3 is 0 Å². The number of hydrogen-bond acceptors (Lipinski definition) is 1. The Kier molecular flexibility index (Phi) is 2.94. The molecule has 1 unspecified atom stereocenters. The molecule has 0 heterocycles. The molecule has 1 fully saturated rings. The van der Waals surface area contributed by atoms with Crippen LogP contribution in [0.3, 0.4) is 0 Å². The maximum Gasteiger partial charge on any atom is 0.0571 e. The molecule has 1 rings (SSSR count). The van der Waals surface area contributed by atoms with E-state index in [0.717, 1.165) is 6.42 Å². The van der Waals surface area contributed by atoms with Crippen LogP contribution < -0.4 is 0 Å². The Morgan fingerprint density at radius 2 is 2.08 bits per heavy atom. The minimum Gasteiger partial charge on any atom is -0.393 e. The average Bonchev–Trinajstić information content (AvgIpc) is 1.83. The highest BCUT2D eigenvalue weighted by atomic mass is 16.3. The lowest BCUT2D eigenvalue weighted by Crippen LogP contribution is -2.39. The molecule has 1 nitrogen and oxygen atoms in total. The summed E-state index contributed by atoms with van der Waals surface area (Å²) in [6, 6.07) is 0. The van der Waals surface area contributed by atoms with Crippen LogP contribution in [0.4, 0.5) is 0 Å². The molecular formula is C11H20O. The standard InChI is InChI=1S/C11H20O/c1-9(2)5-8-11(10(3)12)6-4-7-11/h5,10,12H,4,6-8H2,1-3H3. The third kappa shape index (κ3) is 1.89. The second kappa shape index (κ2) is 3.61. The lowest BCUT2D eigenvalue weighted by atomic mass is 9.63. The maximum atomic E-state index is 9.61. The van der Waals surface area contributed by atoms with Gasteiger partial charge in [-0.15, -0.1) is 0 Å². The van der Waals surface area contributed by atoms with E-state index >= 15 is 0 Å². The van der Waals surface area contributed by atoms with Gasteiger partial charge < -0.3 is 5.11 Å². The van der Waals surface area contributed by atoms with Crippen molar-refractivity contribution in [3.8, 4) is 0 Å². The lowest BCUT2D eigenvalue weighted by molar-refractivity contribution is -0.0207. The molecule has 1 N–H and O–H groups in total. The Hall–Kier alpha value is -0.300. The minimum atomic E-state index is -0.137. The van der Waals surface area contributed by atoms with Crippen LogP contribution in [0, 0.1) is 5.41 Å². The predicted molar refractivity (Wildman–Crippen MR) is 52.0 cm³/mol. The van der Waals surface area contributed by atoms with E-state index in [9.17, 15) is 5.11 Å². The third-order valence-electron chi connectivity index (χ3n) is 3.15. The molecular weight excluding hydrogens is 148 g/mol. The molecule has 0 amide bonds. The second-order valence-electron chi connectivity index (χ2n) is 4.38. The van der Waals surface area contributed by atoms with Gasteiger partial charge in [0.15, 0.2) is 0 Å². The van der Waals surface area contributed by atoms with Gasteiger partial charge in [0, 0.05) is 0 Å². The predicted octanol–water partition coefficient (Wildman–Crippen LogP) is 2.89. The monoisotopic (exact) mass is 168 g/mol. The largest absolute Gasteiger partial charge is 0.393 e. The van der Waals surface area contributed by atoms with Crippen LogP contribution in [0.1, 0.15) is 46.5 Å². The topological polar surface area (TPSA) is 20.2 Å². The first-order valence-electron chi connectivity index (χ1n) is 4.88. The molecule has 12 heavy (non-hydrogen) atoms. The van der Waals surface area contributed by atoms with E-state index in [1.54, 1.807) is 0 Å². The van der Waals surface area contributed by atoms with Crippen LogP contribution in [0.2, 0.25) is 0 Å². The molecule has 1 aliphatic rings. The summed E-state index contributed by atoms with van der Waals surface area (Å²) in [5, 5.41) is 9.61. The number of rotatable bonds is 3. The van der Waals surface area contributed by atoms with E-state index in [1.165, 1.54) is 24.8 Å². The second-order valence-corrected chi connectivity index (χ2v) is 4.38. The fourth-order valence-electron chi connectivity index (χ4n) is 1.83. The zero-order valence-electron chi connectivity index (χ0n) is 8.43. The van der Waals surface area contributed by atoms with Crippen LogP contribution >= 0.6 is 0 Å². The Morgan fingerprint density at radius 3 is 2.33 bits per heavy atom. The van der Waals surface area contributed by atoms with Gasteiger partial charge in [-0.1, -0.05) is 18.1 Å². The summed E-state index contributed by atoms with van der Waals surface area (Å²) in [6.45, 7) is 6.17. The molecule has 1 atom stereocenters. The van der Waals surface area contributed by atoms with Gasteiger partial charge in [0.2, 0.25) is 0 Å². The van der Waals surface area contributed by atoms with Crippen LogP contribution in [0.25, 0.3) is 0 Å². The summed E-state index contributed by atoms with van der Waals surface area (Å²) in [6.07, 6.45) is 6.88. The summed E-state index contributed by atoms with van der Waals surface area (Å²) >= 11 is 0. The van der Waals surface area contributed by atoms with Crippen molar-refractivity contribution in [2.75, 3.05) is 0 Å². The molecule has 70 valence electrons.